The summed E-state index contributed by atoms with van der Waals surface area (Å²) < 4.78 is 5.22. The van der Waals surface area contributed by atoms with Crippen LogP contribution < -0.4 is 10.1 Å². The van der Waals surface area contributed by atoms with Crippen LogP contribution in [-0.2, 0) is 0 Å². The van der Waals surface area contributed by atoms with Gasteiger partial charge < -0.3 is 10.1 Å². The van der Waals surface area contributed by atoms with Gasteiger partial charge in [0.05, 0.1) is 12.7 Å². The molecule has 1 aliphatic rings. The van der Waals surface area contributed by atoms with E-state index >= 15 is 0 Å². The van der Waals surface area contributed by atoms with Crippen LogP contribution in [0.15, 0.2) is 18.2 Å². The van der Waals surface area contributed by atoms with E-state index in [1.165, 1.54) is 0 Å². The number of halogens is 1. The molecule has 1 heterocycles. The van der Waals surface area contributed by atoms with E-state index in [0.717, 1.165) is 13.0 Å². The Morgan fingerprint density at radius 3 is 2.88 bits per heavy atom. The average molecular weight is 254 g/mol. The van der Waals surface area contributed by atoms with E-state index in [-0.39, 0.29) is 17.7 Å². The maximum absolute atomic E-state index is 12.4. The van der Waals surface area contributed by atoms with Crippen molar-refractivity contribution in [3.8, 4) is 5.75 Å². The van der Waals surface area contributed by atoms with Crippen molar-refractivity contribution >= 4 is 17.4 Å². The van der Waals surface area contributed by atoms with Gasteiger partial charge in [-0.15, -0.1) is 0 Å². The van der Waals surface area contributed by atoms with Crippen molar-refractivity contribution in [2.75, 3.05) is 13.7 Å². The van der Waals surface area contributed by atoms with Crippen LogP contribution in [0.4, 0.5) is 0 Å². The van der Waals surface area contributed by atoms with E-state index < -0.39 is 0 Å². The Hall–Kier alpha value is -1.06. The third-order valence-electron chi connectivity index (χ3n) is 3.29. The van der Waals surface area contributed by atoms with Crippen LogP contribution in [0, 0.1) is 5.92 Å². The summed E-state index contributed by atoms with van der Waals surface area (Å²) >= 11 is 5.94. The summed E-state index contributed by atoms with van der Waals surface area (Å²) in [5.41, 5.74) is 0.584. The second kappa shape index (κ2) is 5.07. The molecule has 1 aromatic rings. The number of benzene rings is 1. The molecule has 4 heteroatoms. The summed E-state index contributed by atoms with van der Waals surface area (Å²) in [7, 11) is 1.57. The van der Waals surface area contributed by atoms with Crippen molar-refractivity contribution in [3.05, 3.63) is 28.8 Å². The van der Waals surface area contributed by atoms with E-state index in [9.17, 15) is 4.79 Å². The van der Waals surface area contributed by atoms with Crippen molar-refractivity contribution in [1.29, 1.82) is 0 Å². The quantitative estimate of drug-likeness (QED) is 0.842. The fraction of sp³-hybridized carbons (Fsp3) is 0.462. The molecule has 0 radical (unpaired) electrons. The second-order valence-corrected chi connectivity index (χ2v) is 4.78. The highest BCUT2D eigenvalue weighted by molar-refractivity contribution is 6.31. The second-order valence-electron chi connectivity index (χ2n) is 4.35. The largest absolute Gasteiger partial charge is 0.496 e. The number of methoxy groups -OCH3 is 1. The number of rotatable bonds is 3. The molecule has 2 unspecified atom stereocenters. The Kier molecular flexibility index (Phi) is 3.69. The summed E-state index contributed by atoms with van der Waals surface area (Å²) in [5, 5.41) is 3.84. The van der Waals surface area contributed by atoms with Gasteiger partial charge in [0.1, 0.15) is 5.75 Å². The first-order valence-electron chi connectivity index (χ1n) is 5.74. The molecule has 0 amide bonds. The summed E-state index contributed by atoms with van der Waals surface area (Å²) in [6.45, 7) is 2.92. The van der Waals surface area contributed by atoms with Crippen LogP contribution >= 0.6 is 11.6 Å². The molecule has 1 aromatic carbocycles. The number of nitrogens with one attached hydrogen (secondary N) is 1. The van der Waals surface area contributed by atoms with E-state index in [4.69, 9.17) is 16.3 Å². The zero-order chi connectivity index (χ0) is 12.4. The lowest BCUT2D eigenvalue weighted by atomic mass is 9.91. The lowest BCUT2D eigenvalue weighted by Crippen LogP contribution is -2.28. The predicted octanol–water partition coefficient (Wildman–Crippen LogP) is 2.53. The molecule has 3 nitrogen and oxygen atoms in total. The molecule has 1 N–H and O–H groups in total. The fourth-order valence-corrected chi connectivity index (χ4v) is 2.46. The summed E-state index contributed by atoms with van der Waals surface area (Å²) in [6, 6.07) is 5.37. The smallest absolute Gasteiger partial charge is 0.171 e. The third-order valence-corrected chi connectivity index (χ3v) is 3.52. The Balaban J connectivity index is 2.32. The highest BCUT2D eigenvalue weighted by atomic mass is 35.5. The molecule has 1 aliphatic heterocycles. The van der Waals surface area contributed by atoms with Crippen molar-refractivity contribution in [1.82, 2.24) is 5.32 Å². The topological polar surface area (TPSA) is 38.3 Å². The molecule has 0 aliphatic carbocycles. The van der Waals surface area contributed by atoms with Crippen LogP contribution in [0.25, 0.3) is 0 Å². The van der Waals surface area contributed by atoms with Gasteiger partial charge in [0.2, 0.25) is 0 Å². The van der Waals surface area contributed by atoms with Crippen LogP contribution in [-0.4, -0.2) is 25.5 Å². The van der Waals surface area contributed by atoms with Crippen molar-refractivity contribution in [2.45, 2.75) is 19.4 Å². The lowest BCUT2D eigenvalue weighted by Gasteiger charge is -2.15. The molecule has 0 aromatic heterocycles. The van der Waals surface area contributed by atoms with Gasteiger partial charge in [0.25, 0.3) is 0 Å². The number of carbonyl (C=O) groups is 1. The van der Waals surface area contributed by atoms with Gasteiger partial charge in [-0.05, 0) is 38.1 Å². The minimum Gasteiger partial charge on any atom is -0.496 e. The average Bonchev–Trinajstić information content (AvgIpc) is 2.74. The van der Waals surface area contributed by atoms with E-state index in [1.807, 2.05) is 6.92 Å². The Bertz CT molecular complexity index is 433. The lowest BCUT2D eigenvalue weighted by molar-refractivity contribution is 0.0911. The van der Waals surface area contributed by atoms with Gasteiger partial charge in [-0.3, -0.25) is 4.79 Å². The van der Waals surface area contributed by atoms with Crippen molar-refractivity contribution in [2.24, 2.45) is 5.92 Å². The highest BCUT2D eigenvalue weighted by Crippen LogP contribution is 2.28. The Morgan fingerprint density at radius 2 is 2.29 bits per heavy atom. The maximum atomic E-state index is 12.4. The zero-order valence-electron chi connectivity index (χ0n) is 10.00. The van der Waals surface area contributed by atoms with Crippen LogP contribution in [0.5, 0.6) is 5.75 Å². The van der Waals surface area contributed by atoms with Gasteiger partial charge in [0, 0.05) is 17.0 Å². The highest BCUT2D eigenvalue weighted by Gasteiger charge is 2.31. The first-order chi connectivity index (χ1) is 8.13. The van der Waals surface area contributed by atoms with Crippen LogP contribution in [0.1, 0.15) is 23.7 Å². The molecule has 2 rings (SSSR count). The molecule has 92 valence electrons. The summed E-state index contributed by atoms with van der Waals surface area (Å²) in [6.07, 6.45) is 0.871. The number of hydrogen-bond donors (Lipinski definition) is 1. The normalized spacial score (nSPS) is 23.7. The SMILES string of the molecule is COc1ccc(Cl)cc1C(=O)C1CCNC1C. The van der Waals surface area contributed by atoms with Crippen molar-refractivity contribution in [3.63, 3.8) is 0 Å². The maximum Gasteiger partial charge on any atom is 0.171 e. The number of ether oxygens (including phenoxy) is 1. The van der Waals surface area contributed by atoms with Gasteiger partial charge in [-0.25, -0.2) is 0 Å². The molecular weight excluding hydrogens is 238 g/mol. The summed E-state index contributed by atoms with van der Waals surface area (Å²) in [4.78, 5) is 12.4. The van der Waals surface area contributed by atoms with Gasteiger partial charge in [0.15, 0.2) is 5.78 Å². The van der Waals surface area contributed by atoms with Crippen molar-refractivity contribution < 1.29 is 9.53 Å². The molecule has 1 fully saturated rings. The van der Waals surface area contributed by atoms with E-state index in [2.05, 4.69) is 5.32 Å². The molecule has 0 spiro atoms. The predicted molar refractivity (Wildman–Crippen MR) is 67.9 cm³/mol. The molecule has 1 saturated heterocycles. The van der Waals surface area contributed by atoms with E-state index in [0.29, 0.717) is 16.3 Å². The molecule has 0 saturated carbocycles. The number of carbonyl (C=O) groups excluding carboxylic acids is 1. The first kappa shape index (κ1) is 12.4. The minimum atomic E-state index is 0.0161. The Morgan fingerprint density at radius 1 is 1.53 bits per heavy atom. The third kappa shape index (κ3) is 2.45. The number of Topliss-reactive ketones (excluding diaryl/α,β-unsaturated/α-hetero) is 1. The Labute approximate surface area is 106 Å². The standard InChI is InChI=1S/C13H16ClNO2/c1-8-10(5-6-15-8)13(16)11-7-9(14)3-4-12(11)17-2/h3-4,7-8,10,15H,5-6H2,1-2H3. The van der Waals surface area contributed by atoms with Gasteiger partial charge in [-0.2, -0.15) is 0 Å². The molecule has 0 bridgehead atoms. The van der Waals surface area contributed by atoms with Crippen LogP contribution in [0.3, 0.4) is 0 Å². The molecular formula is C13H16ClNO2. The molecule has 17 heavy (non-hydrogen) atoms. The van der Waals surface area contributed by atoms with E-state index in [1.54, 1.807) is 25.3 Å². The number of hydrogen-bond acceptors (Lipinski definition) is 3. The number of ketones is 1. The zero-order valence-corrected chi connectivity index (χ0v) is 10.8. The summed E-state index contributed by atoms with van der Waals surface area (Å²) in [5.74, 6) is 0.725. The minimum absolute atomic E-state index is 0.0161. The van der Waals surface area contributed by atoms with Crippen LogP contribution in [0.2, 0.25) is 5.02 Å². The monoisotopic (exact) mass is 253 g/mol. The molecule has 2 atom stereocenters. The first-order valence-corrected chi connectivity index (χ1v) is 6.12. The fourth-order valence-electron chi connectivity index (χ4n) is 2.29. The van der Waals surface area contributed by atoms with Gasteiger partial charge in [-0.1, -0.05) is 11.6 Å². The van der Waals surface area contributed by atoms with Gasteiger partial charge >= 0.3 is 0 Å².